The van der Waals surface area contributed by atoms with E-state index in [0.717, 1.165) is 55.4 Å². The number of aliphatic hydroxyl groups excluding tert-OH is 1. The number of hydrogen-bond acceptors (Lipinski definition) is 3. The van der Waals surface area contributed by atoms with E-state index in [1.165, 1.54) is 17.5 Å². The molecule has 2 aromatic rings. The maximum atomic E-state index is 12.0. The molecule has 30 heavy (non-hydrogen) atoms. The molecule has 1 aliphatic carbocycles. The molecule has 0 heterocycles. The average molecular weight is 474 g/mol. The maximum absolute atomic E-state index is 12.0. The summed E-state index contributed by atoms with van der Waals surface area (Å²) in [5, 5.41) is 9.22. The Morgan fingerprint density at radius 3 is 2.50 bits per heavy atom. The van der Waals surface area contributed by atoms with Crippen LogP contribution in [-0.4, -0.2) is 42.3 Å². The van der Waals surface area contributed by atoms with Crippen LogP contribution in [0.1, 0.15) is 49.3 Å². The van der Waals surface area contributed by atoms with E-state index in [0.29, 0.717) is 12.6 Å². The van der Waals surface area contributed by atoms with Crippen LogP contribution in [0.3, 0.4) is 0 Å². The van der Waals surface area contributed by atoms with E-state index in [4.69, 9.17) is 5.73 Å². The van der Waals surface area contributed by atoms with Gasteiger partial charge in [0.1, 0.15) is 0 Å². The highest BCUT2D eigenvalue weighted by atomic mass is 79.9. The third kappa shape index (κ3) is 6.06. The lowest BCUT2D eigenvalue weighted by atomic mass is 9.86. The van der Waals surface area contributed by atoms with Crippen molar-refractivity contribution in [2.75, 3.05) is 31.1 Å². The quantitative estimate of drug-likeness (QED) is 0.483. The van der Waals surface area contributed by atoms with Gasteiger partial charge in [0.15, 0.2) is 0 Å². The third-order valence-corrected chi connectivity index (χ3v) is 6.39. The van der Waals surface area contributed by atoms with Crippen LogP contribution in [0.2, 0.25) is 0 Å². The van der Waals surface area contributed by atoms with Crippen molar-refractivity contribution in [3.63, 3.8) is 0 Å². The Hall–Kier alpha value is -1.89. The summed E-state index contributed by atoms with van der Waals surface area (Å²) < 4.78 is 0.974. The summed E-state index contributed by atoms with van der Waals surface area (Å²) in [5.41, 5.74) is 9.37. The van der Waals surface area contributed by atoms with Crippen LogP contribution in [0.4, 0.5) is 10.5 Å². The molecular weight excluding hydrogens is 442 g/mol. The summed E-state index contributed by atoms with van der Waals surface area (Å²) in [4.78, 5) is 16.2. The van der Waals surface area contributed by atoms with Crippen molar-refractivity contribution < 1.29 is 9.90 Å². The van der Waals surface area contributed by atoms with Gasteiger partial charge in [0.05, 0.1) is 0 Å². The van der Waals surface area contributed by atoms with E-state index in [-0.39, 0.29) is 6.61 Å². The zero-order chi connectivity index (χ0) is 21.3. The van der Waals surface area contributed by atoms with Crippen LogP contribution >= 0.6 is 15.9 Å². The molecule has 2 aromatic carbocycles. The zero-order valence-corrected chi connectivity index (χ0v) is 19.1. The highest BCUT2D eigenvalue weighted by molar-refractivity contribution is 9.10. The van der Waals surface area contributed by atoms with Gasteiger partial charge in [0.25, 0.3) is 0 Å². The van der Waals surface area contributed by atoms with Crippen LogP contribution in [-0.2, 0) is 6.42 Å². The summed E-state index contributed by atoms with van der Waals surface area (Å²) in [6.45, 7) is 2.66. The second-order valence-corrected chi connectivity index (χ2v) is 8.81. The van der Waals surface area contributed by atoms with Crippen molar-refractivity contribution in [1.29, 1.82) is 0 Å². The number of hydrogen-bond donors (Lipinski definition) is 2. The number of aryl methyl sites for hydroxylation is 1. The maximum Gasteiger partial charge on any atom is 0.319 e. The Bertz CT molecular complexity index is 812. The highest BCUT2D eigenvalue weighted by Crippen LogP contribution is 2.34. The fourth-order valence-electron chi connectivity index (χ4n) is 4.38. The molecule has 0 bridgehead atoms. The lowest BCUT2D eigenvalue weighted by Gasteiger charge is -2.36. The second-order valence-electron chi connectivity index (χ2n) is 7.89. The van der Waals surface area contributed by atoms with Gasteiger partial charge in [-0.15, -0.1) is 0 Å². The number of primary amides is 1. The molecule has 0 spiro atoms. The first kappa shape index (κ1) is 22.8. The molecule has 0 saturated carbocycles. The predicted octanol–water partition coefficient (Wildman–Crippen LogP) is 4.88. The summed E-state index contributed by atoms with van der Waals surface area (Å²) >= 11 is 3.43. The number of rotatable bonds is 10. The topological polar surface area (TPSA) is 69.8 Å². The van der Waals surface area contributed by atoms with Gasteiger partial charge in [-0.1, -0.05) is 40.2 Å². The Balaban J connectivity index is 1.68. The number of fused-ring (bicyclic) bond motifs is 1. The lowest BCUT2D eigenvalue weighted by molar-refractivity contribution is 0.168. The molecule has 0 fully saturated rings. The van der Waals surface area contributed by atoms with Crippen LogP contribution in [0.15, 0.2) is 53.0 Å². The first-order valence-corrected chi connectivity index (χ1v) is 11.6. The van der Waals surface area contributed by atoms with E-state index in [1.54, 1.807) is 4.90 Å². The van der Waals surface area contributed by atoms with Gasteiger partial charge in [-0.25, -0.2) is 4.79 Å². The molecular formula is C24H32BrN3O2. The summed E-state index contributed by atoms with van der Waals surface area (Å²) in [6, 6.07) is 16.4. The Morgan fingerprint density at radius 1 is 1.03 bits per heavy atom. The lowest BCUT2D eigenvalue weighted by Crippen LogP contribution is -2.39. The highest BCUT2D eigenvalue weighted by Gasteiger charge is 2.25. The molecule has 1 aliphatic rings. The largest absolute Gasteiger partial charge is 0.396 e. The molecule has 1 atom stereocenters. The smallest absolute Gasteiger partial charge is 0.319 e. The van der Waals surface area contributed by atoms with Crippen LogP contribution in [0, 0.1) is 0 Å². The molecule has 0 aromatic heterocycles. The van der Waals surface area contributed by atoms with Crippen LogP contribution in [0.25, 0.3) is 0 Å². The molecule has 0 radical (unpaired) electrons. The number of halogens is 1. The number of nitrogens with two attached hydrogens (primary N) is 1. The normalized spacial score (nSPS) is 15.8. The van der Waals surface area contributed by atoms with E-state index in [1.807, 2.05) is 24.3 Å². The monoisotopic (exact) mass is 473 g/mol. The minimum Gasteiger partial charge on any atom is -0.396 e. The molecule has 6 heteroatoms. The fraction of sp³-hybridized carbons (Fsp3) is 0.458. The number of aliphatic hydroxyl groups is 1. The van der Waals surface area contributed by atoms with Crippen LogP contribution in [0.5, 0.6) is 0 Å². The van der Waals surface area contributed by atoms with Crippen molar-refractivity contribution in [3.05, 3.63) is 64.1 Å². The van der Waals surface area contributed by atoms with Crippen molar-refractivity contribution in [2.24, 2.45) is 5.73 Å². The van der Waals surface area contributed by atoms with Crippen molar-refractivity contribution in [2.45, 2.75) is 44.6 Å². The molecule has 0 aliphatic heterocycles. The number of urea groups is 1. The zero-order valence-electron chi connectivity index (χ0n) is 17.5. The average Bonchev–Trinajstić information content (AvgIpc) is 2.76. The first-order chi connectivity index (χ1) is 14.6. The number of carbonyl (C=O) groups is 1. The van der Waals surface area contributed by atoms with Gasteiger partial charge in [0, 0.05) is 35.9 Å². The van der Waals surface area contributed by atoms with Gasteiger partial charge in [-0.2, -0.15) is 0 Å². The van der Waals surface area contributed by atoms with Gasteiger partial charge >= 0.3 is 6.03 Å². The van der Waals surface area contributed by atoms with E-state index < -0.39 is 6.03 Å². The number of amides is 2. The summed E-state index contributed by atoms with van der Waals surface area (Å²) in [5.74, 6) is 0. The number of nitrogens with zero attached hydrogens (tertiary/aromatic N) is 2. The Morgan fingerprint density at radius 2 is 1.77 bits per heavy atom. The molecule has 3 rings (SSSR count). The van der Waals surface area contributed by atoms with E-state index >= 15 is 0 Å². The van der Waals surface area contributed by atoms with Gasteiger partial charge in [-0.05, 0) is 80.5 Å². The fourth-order valence-corrected chi connectivity index (χ4v) is 4.64. The standard InChI is InChI=1S/C24H32BrN3O2/c25-20-11-13-21(14-12-20)28(24(26)30)17-6-16-27(15-3-4-18-29)23-10-5-8-19-7-1-2-9-22(19)23/h1-2,7,9,11-14,23,29H,3-6,8,10,15-18H2,(H2,26,30). The van der Waals surface area contributed by atoms with E-state index in [9.17, 15) is 9.90 Å². The molecule has 5 nitrogen and oxygen atoms in total. The van der Waals surface area contributed by atoms with Crippen molar-refractivity contribution >= 4 is 27.6 Å². The molecule has 162 valence electrons. The molecule has 3 N–H and O–H groups in total. The Labute approximate surface area is 188 Å². The second kappa shape index (κ2) is 11.5. The molecule has 0 saturated heterocycles. The predicted molar refractivity (Wildman–Crippen MR) is 126 cm³/mol. The summed E-state index contributed by atoms with van der Waals surface area (Å²) in [6.07, 6.45) is 6.14. The van der Waals surface area contributed by atoms with Crippen LogP contribution < -0.4 is 10.6 Å². The number of benzene rings is 2. The van der Waals surface area contributed by atoms with Crippen molar-refractivity contribution in [1.82, 2.24) is 4.90 Å². The summed E-state index contributed by atoms with van der Waals surface area (Å²) in [7, 11) is 0. The Kier molecular flexibility index (Phi) is 8.73. The third-order valence-electron chi connectivity index (χ3n) is 5.86. The number of anilines is 1. The first-order valence-electron chi connectivity index (χ1n) is 10.9. The van der Waals surface area contributed by atoms with Crippen molar-refractivity contribution in [3.8, 4) is 0 Å². The van der Waals surface area contributed by atoms with E-state index in [2.05, 4.69) is 45.1 Å². The number of carbonyl (C=O) groups excluding carboxylic acids is 1. The minimum atomic E-state index is -0.424. The minimum absolute atomic E-state index is 0.230. The van der Waals surface area contributed by atoms with Gasteiger partial charge in [-0.3, -0.25) is 9.80 Å². The van der Waals surface area contributed by atoms with Gasteiger partial charge in [0.2, 0.25) is 0 Å². The number of unbranched alkanes of at least 4 members (excludes halogenated alkanes) is 1. The molecule has 2 amide bonds. The van der Waals surface area contributed by atoms with Gasteiger partial charge < -0.3 is 10.8 Å². The SMILES string of the molecule is NC(=O)N(CCCN(CCCCO)C1CCCc2ccccc21)c1ccc(Br)cc1. The molecule has 1 unspecified atom stereocenters.